The van der Waals surface area contributed by atoms with Crippen LogP contribution in [0.4, 0.5) is 13.2 Å². The first kappa shape index (κ1) is 18.7. The number of hydrogen-bond acceptors (Lipinski definition) is 4. The lowest BCUT2D eigenvalue weighted by Gasteiger charge is -2.08. The summed E-state index contributed by atoms with van der Waals surface area (Å²) in [6.07, 6.45) is 0. The summed E-state index contributed by atoms with van der Waals surface area (Å²) in [5.74, 6) is -3.23. The van der Waals surface area contributed by atoms with E-state index in [9.17, 15) is 26.4 Å². The summed E-state index contributed by atoms with van der Waals surface area (Å²) in [5.41, 5.74) is 0.477. The Bertz CT molecular complexity index is 1090. The molecular weight excluding hydrogens is 381 g/mol. The standard InChI is InChI=1S/C19H11F3O4S/c20-14-5-1-12(2-6-14)19(23)13-3-8-16(9-4-13)26-27(24,25)18-10-7-15(21)11-17(18)22/h1-11H. The molecule has 0 radical (unpaired) electrons. The van der Waals surface area contributed by atoms with Crippen molar-refractivity contribution >= 4 is 15.9 Å². The zero-order chi connectivity index (χ0) is 19.6. The molecule has 0 aliphatic rings. The van der Waals surface area contributed by atoms with Gasteiger partial charge in [0.1, 0.15) is 28.1 Å². The van der Waals surface area contributed by atoms with E-state index in [0.717, 1.165) is 24.3 Å². The Morgan fingerprint density at radius 2 is 1.26 bits per heavy atom. The first-order valence-electron chi connectivity index (χ1n) is 7.56. The molecule has 4 nitrogen and oxygen atoms in total. The molecule has 0 fully saturated rings. The van der Waals surface area contributed by atoms with Gasteiger partial charge in [0.15, 0.2) is 5.78 Å². The highest BCUT2D eigenvalue weighted by Gasteiger charge is 2.22. The van der Waals surface area contributed by atoms with Gasteiger partial charge >= 0.3 is 10.1 Å². The van der Waals surface area contributed by atoms with Crippen molar-refractivity contribution in [1.29, 1.82) is 0 Å². The predicted octanol–water partition coefficient (Wildman–Crippen LogP) is 4.10. The van der Waals surface area contributed by atoms with Crippen LogP contribution >= 0.6 is 0 Å². The van der Waals surface area contributed by atoms with E-state index in [-0.39, 0.29) is 16.9 Å². The highest BCUT2D eigenvalue weighted by atomic mass is 32.2. The molecule has 0 saturated heterocycles. The number of halogens is 3. The molecule has 8 heteroatoms. The minimum Gasteiger partial charge on any atom is -0.379 e. The molecule has 3 rings (SSSR count). The predicted molar refractivity (Wildman–Crippen MR) is 90.4 cm³/mol. The molecule has 0 aromatic heterocycles. The van der Waals surface area contributed by atoms with Crippen molar-refractivity contribution in [3.05, 3.63) is 95.3 Å². The zero-order valence-electron chi connectivity index (χ0n) is 13.5. The van der Waals surface area contributed by atoms with Gasteiger partial charge in [0, 0.05) is 17.2 Å². The van der Waals surface area contributed by atoms with Gasteiger partial charge in [-0.2, -0.15) is 8.42 Å². The SMILES string of the molecule is O=C(c1ccc(F)cc1)c1ccc(OS(=O)(=O)c2ccc(F)cc2F)cc1. The molecule has 0 atom stereocenters. The van der Waals surface area contributed by atoms with Crippen molar-refractivity contribution in [1.82, 2.24) is 0 Å². The lowest BCUT2D eigenvalue weighted by Crippen LogP contribution is -2.12. The number of ketones is 1. The summed E-state index contributed by atoms with van der Waals surface area (Å²) in [6, 6.07) is 12.0. The third-order valence-corrected chi connectivity index (χ3v) is 4.87. The lowest BCUT2D eigenvalue weighted by molar-refractivity contribution is 0.103. The number of carbonyl (C=O) groups is 1. The maximum atomic E-state index is 13.7. The van der Waals surface area contributed by atoms with Crippen molar-refractivity contribution in [3.63, 3.8) is 0 Å². The minimum absolute atomic E-state index is 0.158. The first-order valence-corrected chi connectivity index (χ1v) is 8.97. The Hall–Kier alpha value is -3.13. The molecule has 27 heavy (non-hydrogen) atoms. The van der Waals surface area contributed by atoms with Crippen LogP contribution in [0.2, 0.25) is 0 Å². The fourth-order valence-corrected chi connectivity index (χ4v) is 3.27. The highest BCUT2D eigenvalue weighted by molar-refractivity contribution is 7.87. The van der Waals surface area contributed by atoms with Crippen LogP contribution in [0.15, 0.2) is 71.6 Å². The Labute approximate surface area is 153 Å². The molecule has 0 aliphatic heterocycles. The smallest absolute Gasteiger partial charge is 0.342 e. The van der Waals surface area contributed by atoms with Crippen LogP contribution in [0.3, 0.4) is 0 Å². The van der Waals surface area contributed by atoms with E-state index in [2.05, 4.69) is 0 Å². The van der Waals surface area contributed by atoms with Crippen LogP contribution in [0.1, 0.15) is 15.9 Å². The Kier molecular flexibility index (Phi) is 5.00. The molecule has 0 saturated carbocycles. The molecule has 138 valence electrons. The number of carbonyl (C=O) groups excluding carboxylic acids is 1. The molecule has 0 heterocycles. The fraction of sp³-hybridized carbons (Fsp3) is 0. The molecule has 0 spiro atoms. The van der Waals surface area contributed by atoms with E-state index >= 15 is 0 Å². The van der Waals surface area contributed by atoms with Crippen LogP contribution in [0.25, 0.3) is 0 Å². The molecule has 0 unspecified atom stereocenters. The number of benzene rings is 3. The van der Waals surface area contributed by atoms with E-state index in [1.54, 1.807) is 0 Å². The minimum atomic E-state index is -4.52. The lowest BCUT2D eigenvalue weighted by atomic mass is 10.0. The van der Waals surface area contributed by atoms with Gasteiger partial charge in [0.25, 0.3) is 0 Å². The third kappa shape index (κ3) is 4.17. The average Bonchev–Trinajstić information content (AvgIpc) is 2.62. The molecule has 3 aromatic rings. The van der Waals surface area contributed by atoms with Crippen molar-refractivity contribution in [2.75, 3.05) is 0 Å². The second-order valence-corrected chi connectivity index (χ2v) is 6.99. The summed E-state index contributed by atoms with van der Waals surface area (Å²) in [6.45, 7) is 0. The molecule has 0 bridgehead atoms. The van der Waals surface area contributed by atoms with E-state index < -0.39 is 38.2 Å². The highest BCUT2D eigenvalue weighted by Crippen LogP contribution is 2.22. The van der Waals surface area contributed by atoms with Crippen molar-refractivity contribution in [2.24, 2.45) is 0 Å². The van der Waals surface area contributed by atoms with Gasteiger partial charge in [-0.25, -0.2) is 13.2 Å². The Morgan fingerprint density at radius 1 is 0.741 bits per heavy atom. The van der Waals surface area contributed by atoms with E-state index in [1.807, 2.05) is 0 Å². The third-order valence-electron chi connectivity index (χ3n) is 3.59. The van der Waals surface area contributed by atoms with Crippen LogP contribution in [0, 0.1) is 17.5 Å². The largest absolute Gasteiger partial charge is 0.379 e. The summed E-state index contributed by atoms with van der Waals surface area (Å²) >= 11 is 0. The molecular formula is C19H11F3O4S. The van der Waals surface area contributed by atoms with Crippen molar-refractivity contribution in [3.8, 4) is 5.75 Å². The van der Waals surface area contributed by atoms with Crippen LogP contribution in [0.5, 0.6) is 5.75 Å². The fourth-order valence-electron chi connectivity index (χ4n) is 2.28. The number of hydrogen-bond donors (Lipinski definition) is 0. The topological polar surface area (TPSA) is 60.4 Å². The van der Waals surface area contributed by atoms with Crippen LogP contribution in [-0.4, -0.2) is 14.2 Å². The zero-order valence-corrected chi connectivity index (χ0v) is 14.3. The maximum absolute atomic E-state index is 13.7. The first-order chi connectivity index (χ1) is 12.8. The molecule has 3 aromatic carbocycles. The van der Waals surface area contributed by atoms with Gasteiger partial charge < -0.3 is 4.18 Å². The van der Waals surface area contributed by atoms with Gasteiger partial charge in [-0.15, -0.1) is 0 Å². The van der Waals surface area contributed by atoms with Crippen molar-refractivity contribution in [2.45, 2.75) is 4.90 Å². The van der Waals surface area contributed by atoms with E-state index in [4.69, 9.17) is 4.18 Å². The Balaban J connectivity index is 1.81. The average molecular weight is 392 g/mol. The summed E-state index contributed by atoms with van der Waals surface area (Å²) in [5, 5.41) is 0. The van der Waals surface area contributed by atoms with Crippen molar-refractivity contribution < 1.29 is 30.6 Å². The second-order valence-electron chi connectivity index (χ2n) is 5.47. The quantitative estimate of drug-likeness (QED) is 0.485. The van der Waals surface area contributed by atoms with Gasteiger partial charge in [0.2, 0.25) is 0 Å². The second kappa shape index (κ2) is 7.24. The monoisotopic (exact) mass is 392 g/mol. The number of rotatable bonds is 5. The maximum Gasteiger partial charge on any atom is 0.342 e. The van der Waals surface area contributed by atoms with Gasteiger partial charge in [-0.1, -0.05) is 0 Å². The Morgan fingerprint density at radius 3 is 1.81 bits per heavy atom. The molecule has 0 amide bonds. The normalized spacial score (nSPS) is 11.2. The van der Waals surface area contributed by atoms with E-state index in [0.29, 0.717) is 6.07 Å². The van der Waals surface area contributed by atoms with Gasteiger partial charge in [-0.05, 0) is 60.7 Å². The summed E-state index contributed by atoms with van der Waals surface area (Å²) in [4.78, 5) is 11.5. The van der Waals surface area contributed by atoms with E-state index in [1.165, 1.54) is 36.4 Å². The van der Waals surface area contributed by atoms with Crippen LogP contribution < -0.4 is 4.18 Å². The van der Waals surface area contributed by atoms with Crippen LogP contribution in [-0.2, 0) is 10.1 Å². The van der Waals surface area contributed by atoms with Gasteiger partial charge in [0.05, 0.1) is 0 Å². The summed E-state index contributed by atoms with van der Waals surface area (Å²) < 4.78 is 68.6. The van der Waals surface area contributed by atoms with Gasteiger partial charge in [-0.3, -0.25) is 4.79 Å². The molecule has 0 N–H and O–H groups in total. The summed E-state index contributed by atoms with van der Waals surface area (Å²) in [7, 11) is -4.52. The molecule has 0 aliphatic carbocycles.